The second kappa shape index (κ2) is 8.52. The van der Waals surface area contributed by atoms with Crippen molar-refractivity contribution < 1.29 is 4.79 Å². The predicted molar refractivity (Wildman–Crippen MR) is 128 cm³/mol. The molecule has 0 saturated carbocycles. The smallest absolute Gasteiger partial charge is 0.251 e. The first-order valence-corrected chi connectivity index (χ1v) is 11.9. The highest BCUT2D eigenvalue weighted by molar-refractivity contribution is 7.99. The number of rotatable bonds is 3. The average molecular weight is 447 g/mol. The van der Waals surface area contributed by atoms with E-state index in [9.17, 15) is 4.79 Å². The van der Waals surface area contributed by atoms with Crippen LogP contribution in [0.5, 0.6) is 0 Å². The average Bonchev–Trinajstić information content (AvgIpc) is 2.95. The third-order valence-corrected chi connectivity index (χ3v) is 7.33. The van der Waals surface area contributed by atoms with Crippen LogP contribution in [0.1, 0.15) is 59.3 Å². The molecule has 156 valence electrons. The maximum atomic E-state index is 13.1. The van der Waals surface area contributed by atoms with E-state index in [-0.39, 0.29) is 11.9 Å². The molecule has 0 bridgehead atoms. The molecule has 5 heteroatoms. The van der Waals surface area contributed by atoms with Crippen molar-refractivity contribution >= 4 is 40.7 Å². The lowest BCUT2D eigenvalue weighted by molar-refractivity contribution is 0.0932. The molecule has 31 heavy (non-hydrogen) atoms. The third kappa shape index (κ3) is 4.02. The molecule has 1 aliphatic heterocycles. The van der Waals surface area contributed by atoms with E-state index in [0.717, 1.165) is 52.4 Å². The molecule has 3 aromatic carbocycles. The maximum Gasteiger partial charge on any atom is 0.251 e. The van der Waals surface area contributed by atoms with Gasteiger partial charge in [-0.25, -0.2) is 0 Å². The first kappa shape index (κ1) is 20.3. The van der Waals surface area contributed by atoms with Gasteiger partial charge in [0.25, 0.3) is 5.91 Å². The number of nitrogens with one attached hydrogen (secondary N) is 1. The van der Waals surface area contributed by atoms with Gasteiger partial charge in [0.1, 0.15) is 0 Å². The van der Waals surface area contributed by atoms with Crippen molar-refractivity contribution in [2.45, 2.75) is 48.4 Å². The van der Waals surface area contributed by atoms with Gasteiger partial charge in [0.15, 0.2) is 0 Å². The topological polar surface area (TPSA) is 41.5 Å². The molecular formula is C26H23ClN2OS. The van der Waals surface area contributed by atoms with Gasteiger partial charge >= 0.3 is 0 Å². The van der Waals surface area contributed by atoms with Crippen LogP contribution in [0.3, 0.4) is 0 Å². The normalized spacial score (nSPS) is 17.0. The minimum absolute atomic E-state index is 0.0486. The lowest BCUT2D eigenvalue weighted by Crippen LogP contribution is -2.30. The molecule has 1 N–H and O–H groups in total. The fraction of sp³-hybridized carbons (Fsp3) is 0.231. The van der Waals surface area contributed by atoms with Crippen molar-refractivity contribution in [2.75, 3.05) is 0 Å². The number of benzene rings is 3. The van der Waals surface area contributed by atoms with Crippen molar-refractivity contribution in [2.24, 2.45) is 4.99 Å². The quantitative estimate of drug-likeness (QED) is 0.464. The fourth-order valence-electron chi connectivity index (χ4n) is 4.39. The minimum atomic E-state index is -0.0486. The summed E-state index contributed by atoms with van der Waals surface area (Å²) < 4.78 is 0. The second-order valence-electron chi connectivity index (χ2n) is 7.95. The van der Waals surface area contributed by atoms with Crippen molar-refractivity contribution in [1.29, 1.82) is 0 Å². The number of nitrogens with zero attached hydrogens (tertiary/aromatic N) is 1. The summed E-state index contributed by atoms with van der Waals surface area (Å²) in [5, 5.41) is 3.96. The lowest BCUT2D eigenvalue weighted by atomic mass is 9.87. The van der Waals surface area contributed by atoms with Crippen LogP contribution in [0.4, 0.5) is 5.69 Å². The molecule has 2 aliphatic rings. The zero-order valence-corrected chi connectivity index (χ0v) is 18.9. The monoisotopic (exact) mass is 446 g/mol. The predicted octanol–water partition coefficient (Wildman–Crippen LogP) is 7.14. The van der Waals surface area contributed by atoms with Gasteiger partial charge in [0.05, 0.1) is 11.7 Å². The van der Waals surface area contributed by atoms with Crippen molar-refractivity contribution in [3.8, 4) is 0 Å². The summed E-state index contributed by atoms with van der Waals surface area (Å²) >= 11 is 7.91. The zero-order chi connectivity index (χ0) is 21.4. The van der Waals surface area contributed by atoms with Crippen LogP contribution in [0.2, 0.25) is 5.02 Å². The Morgan fingerprint density at radius 2 is 1.97 bits per heavy atom. The summed E-state index contributed by atoms with van der Waals surface area (Å²) in [4.78, 5) is 20.2. The number of aryl methyl sites for hydroxylation is 1. The van der Waals surface area contributed by atoms with Crippen molar-refractivity contribution in [1.82, 2.24) is 5.32 Å². The van der Waals surface area contributed by atoms with Gasteiger partial charge in [-0.05, 0) is 73.2 Å². The van der Waals surface area contributed by atoms with E-state index >= 15 is 0 Å². The number of carbonyl (C=O) groups excluding carboxylic acids is 1. The van der Waals surface area contributed by atoms with E-state index in [4.69, 9.17) is 16.6 Å². The molecule has 1 aliphatic carbocycles. The number of fused-ring (bicyclic) bond motifs is 3. The minimum Gasteiger partial charge on any atom is -0.345 e. The van der Waals surface area contributed by atoms with E-state index in [1.807, 2.05) is 42.5 Å². The Morgan fingerprint density at radius 1 is 1.13 bits per heavy atom. The highest BCUT2D eigenvalue weighted by Gasteiger charge is 2.23. The highest BCUT2D eigenvalue weighted by Crippen LogP contribution is 2.42. The van der Waals surface area contributed by atoms with Crippen molar-refractivity contribution in [3.05, 3.63) is 87.9 Å². The van der Waals surface area contributed by atoms with Crippen LogP contribution in [0.15, 0.2) is 75.4 Å². The molecule has 0 unspecified atom stereocenters. The molecule has 1 amide bonds. The molecule has 3 aromatic rings. The molecule has 3 nitrogen and oxygen atoms in total. The molecule has 1 atom stereocenters. The number of hydrogen-bond acceptors (Lipinski definition) is 3. The number of amides is 1. The van der Waals surface area contributed by atoms with Crippen LogP contribution in [0.25, 0.3) is 0 Å². The Kier molecular flexibility index (Phi) is 5.59. The molecular weight excluding hydrogens is 424 g/mol. The van der Waals surface area contributed by atoms with Gasteiger partial charge < -0.3 is 5.32 Å². The molecule has 0 aromatic heterocycles. The Balaban J connectivity index is 1.45. The first-order chi connectivity index (χ1) is 15.1. The first-order valence-electron chi connectivity index (χ1n) is 10.7. The molecule has 0 spiro atoms. The van der Waals surface area contributed by atoms with Gasteiger partial charge in [-0.3, -0.25) is 9.79 Å². The standard InChI is InChI=1S/C26H23ClN2OS/c1-2-21-20-15-18(27)11-13-24(20)31-25-12-10-17(14-23(25)28-21)26(30)29-22-9-5-7-16-6-3-4-8-19(16)22/h3-4,6,8,10-15,22H,2,5,7,9H2,1H3,(H,29,30)/t22-/m0/s1. The van der Waals surface area contributed by atoms with E-state index in [2.05, 4.69) is 30.4 Å². The summed E-state index contributed by atoms with van der Waals surface area (Å²) in [5.74, 6) is -0.0486. The van der Waals surface area contributed by atoms with E-state index < -0.39 is 0 Å². The van der Waals surface area contributed by atoms with Crippen LogP contribution in [0, 0.1) is 0 Å². The van der Waals surface area contributed by atoms with Crippen LogP contribution in [-0.4, -0.2) is 11.6 Å². The Morgan fingerprint density at radius 3 is 2.84 bits per heavy atom. The summed E-state index contributed by atoms with van der Waals surface area (Å²) in [6.45, 7) is 2.09. The third-order valence-electron chi connectivity index (χ3n) is 5.96. The van der Waals surface area contributed by atoms with Crippen LogP contribution >= 0.6 is 23.4 Å². The SMILES string of the molecule is CCC1=Nc2cc(C(=O)N[C@H]3CCCc4ccccc43)ccc2Sc2ccc(Cl)cc21. The maximum absolute atomic E-state index is 13.1. The summed E-state index contributed by atoms with van der Waals surface area (Å²) in [5.41, 5.74) is 6.12. The lowest BCUT2D eigenvalue weighted by Gasteiger charge is -2.26. The van der Waals surface area contributed by atoms with Crippen LogP contribution in [-0.2, 0) is 6.42 Å². The van der Waals surface area contributed by atoms with Crippen LogP contribution < -0.4 is 5.32 Å². The molecule has 5 rings (SSSR count). The Bertz CT molecular complexity index is 1200. The molecule has 0 radical (unpaired) electrons. The van der Waals surface area contributed by atoms with Gasteiger partial charge in [0, 0.05) is 31.7 Å². The van der Waals surface area contributed by atoms with Gasteiger partial charge in [-0.2, -0.15) is 0 Å². The summed E-state index contributed by atoms with van der Waals surface area (Å²) in [6, 6.07) is 20.2. The van der Waals surface area contributed by atoms with Crippen molar-refractivity contribution in [3.63, 3.8) is 0 Å². The Hall–Kier alpha value is -2.56. The Labute approximate surface area is 191 Å². The van der Waals surface area contributed by atoms with E-state index in [1.54, 1.807) is 11.8 Å². The molecule has 0 fully saturated rings. The number of halogens is 1. The largest absolute Gasteiger partial charge is 0.345 e. The number of carbonyl (C=O) groups is 1. The summed E-state index contributed by atoms with van der Waals surface area (Å²) in [6.07, 6.45) is 3.94. The number of hydrogen-bond donors (Lipinski definition) is 1. The van der Waals surface area contributed by atoms with Gasteiger partial charge in [-0.1, -0.05) is 54.6 Å². The highest BCUT2D eigenvalue weighted by atomic mass is 35.5. The molecule has 1 heterocycles. The molecule has 0 saturated heterocycles. The number of aliphatic imine (C=N–C) groups is 1. The van der Waals surface area contributed by atoms with Gasteiger partial charge in [-0.15, -0.1) is 0 Å². The summed E-state index contributed by atoms with van der Waals surface area (Å²) in [7, 11) is 0. The van der Waals surface area contributed by atoms with E-state index in [1.165, 1.54) is 11.1 Å². The van der Waals surface area contributed by atoms with Gasteiger partial charge in [0.2, 0.25) is 0 Å². The fourth-order valence-corrected chi connectivity index (χ4v) is 5.57. The second-order valence-corrected chi connectivity index (χ2v) is 9.47. The zero-order valence-electron chi connectivity index (χ0n) is 17.3. The van der Waals surface area contributed by atoms with E-state index in [0.29, 0.717) is 10.6 Å².